The predicted molar refractivity (Wildman–Crippen MR) is 47.8 cm³/mol. The first-order chi connectivity index (χ1) is 6.70. The van der Waals surface area contributed by atoms with Gasteiger partial charge in [0, 0.05) is 5.39 Å². The zero-order valence-electron chi connectivity index (χ0n) is 6.98. The Hall–Kier alpha value is -2.35. The number of carboxylic acid groups (broad SMARTS) is 1. The van der Waals surface area contributed by atoms with Crippen LogP contribution in [0.4, 0.5) is 0 Å². The highest BCUT2D eigenvalue weighted by Crippen LogP contribution is 2.14. The molecule has 0 aliphatic carbocycles. The van der Waals surface area contributed by atoms with E-state index in [1.165, 1.54) is 18.3 Å². The van der Waals surface area contributed by atoms with Gasteiger partial charge in [-0.25, -0.2) is 9.78 Å². The quantitative estimate of drug-likeness (QED) is 0.700. The maximum Gasteiger partial charge on any atom is 0.352 e. The average Bonchev–Trinajstić information content (AvgIpc) is 2.59. The van der Waals surface area contributed by atoms with Crippen molar-refractivity contribution in [2.45, 2.75) is 0 Å². The molecular formula is C9H5N3O2. The largest absolute Gasteiger partial charge is 0.477 e. The maximum absolute atomic E-state index is 10.6. The summed E-state index contributed by atoms with van der Waals surface area (Å²) in [5.41, 5.74) is 0.978. The van der Waals surface area contributed by atoms with Crippen molar-refractivity contribution in [1.82, 2.24) is 9.97 Å². The normalized spacial score (nSPS) is 9.93. The Morgan fingerprint density at radius 2 is 2.36 bits per heavy atom. The van der Waals surface area contributed by atoms with E-state index >= 15 is 0 Å². The molecule has 0 saturated heterocycles. The van der Waals surface area contributed by atoms with Gasteiger partial charge < -0.3 is 10.1 Å². The molecule has 0 saturated carbocycles. The molecule has 0 aliphatic heterocycles. The van der Waals surface area contributed by atoms with Crippen LogP contribution in [0.25, 0.3) is 10.9 Å². The van der Waals surface area contributed by atoms with E-state index in [-0.39, 0.29) is 11.4 Å². The van der Waals surface area contributed by atoms with Crippen molar-refractivity contribution < 1.29 is 9.90 Å². The van der Waals surface area contributed by atoms with E-state index in [2.05, 4.69) is 9.97 Å². The highest BCUT2D eigenvalue weighted by atomic mass is 16.4. The number of nitriles is 1. The highest BCUT2D eigenvalue weighted by molar-refractivity contribution is 5.93. The Balaban J connectivity index is 2.67. The highest BCUT2D eigenvalue weighted by Gasteiger charge is 2.07. The Morgan fingerprint density at radius 3 is 3.00 bits per heavy atom. The second-order valence-electron chi connectivity index (χ2n) is 2.76. The number of aromatic nitrogens is 2. The summed E-state index contributed by atoms with van der Waals surface area (Å²) in [4.78, 5) is 17.1. The number of rotatable bonds is 1. The van der Waals surface area contributed by atoms with E-state index in [9.17, 15) is 4.79 Å². The van der Waals surface area contributed by atoms with Crippen LogP contribution >= 0.6 is 0 Å². The van der Waals surface area contributed by atoms with Gasteiger partial charge in [0.05, 0.1) is 11.7 Å². The van der Waals surface area contributed by atoms with E-state index in [0.29, 0.717) is 10.9 Å². The number of carboxylic acids is 1. The topological polar surface area (TPSA) is 89.8 Å². The molecule has 5 heteroatoms. The number of nitrogens with zero attached hydrogens (tertiary/aromatic N) is 2. The van der Waals surface area contributed by atoms with Crippen molar-refractivity contribution in [3.63, 3.8) is 0 Å². The lowest BCUT2D eigenvalue weighted by molar-refractivity contribution is 0.0691. The van der Waals surface area contributed by atoms with Gasteiger partial charge in [-0.15, -0.1) is 0 Å². The SMILES string of the molecule is N#Cc1cc2cc(C(=O)O)[nH]c2cn1. The van der Waals surface area contributed by atoms with Crippen LogP contribution in [0.5, 0.6) is 0 Å². The maximum atomic E-state index is 10.6. The van der Waals surface area contributed by atoms with Gasteiger partial charge in [0.25, 0.3) is 0 Å². The molecule has 0 atom stereocenters. The molecule has 0 bridgehead atoms. The van der Waals surface area contributed by atoms with Crippen molar-refractivity contribution in [3.05, 3.63) is 29.7 Å². The zero-order chi connectivity index (χ0) is 10.1. The lowest BCUT2D eigenvalue weighted by Gasteiger charge is -1.87. The Labute approximate surface area is 78.6 Å². The van der Waals surface area contributed by atoms with Crippen LogP contribution in [-0.2, 0) is 0 Å². The summed E-state index contributed by atoms with van der Waals surface area (Å²) >= 11 is 0. The molecule has 0 aromatic carbocycles. The molecule has 2 aromatic rings. The first-order valence-corrected chi connectivity index (χ1v) is 3.83. The van der Waals surface area contributed by atoms with Crippen molar-refractivity contribution in [2.75, 3.05) is 0 Å². The summed E-state index contributed by atoms with van der Waals surface area (Å²) in [5, 5.41) is 17.9. The van der Waals surface area contributed by atoms with Crippen molar-refractivity contribution in [1.29, 1.82) is 5.26 Å². The Bertz CT molecular complexity index is 551. The van der Waals surface area contributed by atoms with Crippen LogP contribution in [0.3, 0.4) is 0 Å². The van der Waals surface area contributed by atoms with E-state index in [1.807, 2.05) is 6.07 Å². The zero-order valence-corrected chi connectivity index (χ0v) is 6.98. The van der Waals surface area contributed by atoms with Crippen molar-refractivity contribution in [2.24, 2.45) is 0 Å². The number of hydrogen-bond donors (Lipinski definition) is 2. The molecule has 68 valence electrons. The minimum atomic E-state index is -1.03. The summed E-state index contributed by atoms with van der Waals surface area (Å²) < 4.78 is 0. The lowest BCUT2D eigenvalue weighted by atomic mass is 10.2. The summed E-state index contributed by atoms with van der Waals surface area (Å²) in [6.45, 7) is 0. The van der Waals surface area contributed by atoms with Gasteiger partial charge >= 0.3 is 5.97 Å². The summed E-state index contributed by atoms with van der Waals surface area (Å²) in [6, 6.07) is 4.90. The lowest BCUT2D eigenvalue weighted by Crippen LogP contribution is -1.94. The van der Waals surface area contributed by atoms with E-state index < -0.39 is 5.97 Å². The molecule has 2 aromatic heterocycles. The molecule has 2 rings (SSSR count). The molecule has 0 radical (unpaired) electrons. The third kappa shape index (κ3) is 1.19. The number of aromatic carboxylic acids is 1. The molecule has 2 heterocycles. The smallest absolute Gasteiger partial charge is 0.352 e. The molecule has 0 unspecified atom stereocenters. The Kier molecular flexibility index (Phi) is 1.68. The van der Waals surface area contributed by atoms with Gasteiger partial charge in [-0.05, 0) is 12.1 Å². The van der Waals surface area contributed by atoms with Crippen LogP contribution in [-0.4, -0.2) is 21.0 Å². The second-order valence-corrected chi connectivity index (χ2v) is 2.76. The van der Waals surface area contributed by atoms with Gasteiger partial charge in [0.15, 0.2) is 0 Å². The Morgan fingerprint density at radius 1 is 1.57 bits per heavy atom. The molecule has 2 N–H and O–H groups in total. The summed E-state index contributed by atoms with van der Waals surface area (Å²) in [5.74, 6) is -1.03. The van der Waals surface area contributed by atoms with Crippen molar-refractivity contribution >= 4 is 16.9 Å². The molecule has 14 heavy (non-hydrogen) atoms. The van der Waals surface area contributed by atoms with Gasteiger partial charge in [0.2, 0.25) is 0 Å². The van der Waals surface area contributed by atoms with Gasteiger partial charge in [0.1, 0.15) is 17.5 Å². The van der Waals surface area contributed by atoms with Crippen LogP contribution < -0.4 is 0 Å². The second kappa shape index (κ2) is 2.85. The number of H-pyrrole nitrogens is 1. The third-order valence-corrected chi connectivity index (χ3v) is 1.85. The summed E-state index contributed by atoms with van der Waals surface area (Å²) in [7, 11) is 0. The van der Waals surface area contributed by atoms with Crippen LogP contribution in [0.2, 0.25) is 0 Å². The first kappa shape index (κ1) is 8.26. The van der Waals surface area contributed by atoms with E-state index in [4.69, 9.17) is 10.4 Å². The van der Waals surface area contributed by atoms with Gasteiger partial charge in [-0.2, -0.15) is 5.26 Å². The summed E-state index contributed by atoms with van der Waals surface area (Å²) in [6.07, 6.45) is 1.44. The van der Waals surface area contributed by atoms with Crippen LogP contribution in [0, 0.1) is 11.3 Å². The van der Waals surface area contributed by atoms with Gasteiger partial charge in [-0.1, -0.05) is 0 Å². The van der Waals surface area contributed by atoms with Crippen LogP contribution in [0.1, 0.15) is 16.2 Å². The minimum Gasteiger partial charge on any atom is -0.477 e. The number of pyridine rings is 1. The molecule has 5 nitrogen and oxygen atoms in total. The third-order valence-electron chi connectivity index (χ3n) is 1.85. The molecule has 0 amide bonds. The number of carbonyl (C=O) groups is 1. The van der Waals surface area contributed by atoms with E-state index in [0.717, 1.165) is 0 Å². The molecule has 0 fully saturated rings. The number of hydrogen-bond acceptors (Lipinski definition) is 3. The molecule has 0 spiro atoms. The predicted octanol–water partition coefficient (Wildman–Crippen LogP) is 1.13. The van der Waals surface area contributed by atoms with Crippen molar-refractivity contribution in [3.8, 4) is 6.07 Å². The fourth-order valence-corrected chi connectivity index (χ4v) is 1.21. The van der Waals surface area contributed by atoms with E-state index in [1.54, 1.807) is 0 Å². The standard InChI is InChI=1S/C9H5N3O2/c10-3-6-1-5-2-7(9(13)14)12-8(5)4-11-6/h1-2,4,12H,(H,13,14). The minimum absolute atomic E-state index is 0.0943. The average molecular weight is 187 g/mol. The number of aromatic amines is 1. The molecule has 0 aliphatic rings. The first-order valence-electron chi connectivity index (χ1n) is 3.83. The van der Waals surface area contributed by atoms with Gasteiger partial charge in [-0.3, -0.25) is 0 Å². The number of nitrogens with one attached hydrogen (secondary N) is 1. The monoisotopic (exact) mass is 187 g/mol. The molecular weight excluding hydrogens is 182 g/mol. The fourth-order valence-electron chi connectivity index (χ4n) is 1.21. The number of fused-ring (bicyclic) bond motifs is 1. The van der Waals surface area contributed by atoms with Crippen LogP contribution in [0.15, 0.2) is 18.3 Å². The fraction of sp³-hybridized carbons (Fsp3) is 0.